The number of carbonyl (C=O) groups is 1. The van der Waals surface area contributed by atoms with Gasteiger partial charge in [0, 0.05) is 13.6 Å². The van der Waals surface area contributed by atoms with Crippen molar-refractivity contribution in [2.24, 2.45) is 11.1 Å². The van der Waals surface area contributed by atoms with Crippen LogP contribution in [0.3, 0.4) is 0 Å². The number of para-hydroxylation sites is 1. The van der Waals surface area contributed by atoms with Gasteiger partial charge < -0.3 is 15.4 Å². The van der Waals surface area contributed by atoms with Gasteiger partial charge in [-0.05, 0) is 31.4 Å². The van der Waals surface area contributed by atoms with Crippen LogP contribution in [0, 0.1) is 12.3 Å². The summed E-state index contributed by atoms with van der Waals surface area (Å²) in [5.74, 6) is 1.06. The molecule has 2 rings (SSSR count). The van der Waals surface area contributed by atoms with Crippen molar-refractivity contribution >= 4 is 18.3 Å². The van der Waals surface area contributed by atoms with Crippen LogP contribution < -0.4 is 10.5 Å². The van der Waals surface area contributed by atoms with Crippen LogP contribution in [0.5, 0.6) is 5.75 Å². The summed E-state index contributed by atoms with van der Waals surface area (Å²) in [4.78, 5) is 14.4. The second-order valence-electron chi connectivity index (χ2n) is 6.03. The number of nitrogens with two attached hydrogens (primary N) is 1. The number of halogens is 1. The van der Waals surface area contributed by atoms with E-state index in [1.807, 2.05) is 38.2 Å². The molecule has 1 saturated carbocycles. The molecule has 0 aromatic heterocycles. The van der Waals surface area contributed by atoms with E-state index >= 15 is 0 Å². The highest BCUT2D eigenvalue weighted by Crippen LogP contribution is 2.38. The highest BCUT2D eigenvalue weighted by molar-refractivity contribution is 5.85. The van der Waals surface area contributed by atoms with E-state index in [4.69, 9.17) is 10.5 Å². The van der Waals surface area contributed by atoms with Crippen LogP contribution in [0.25, 0.3) is 0 Å². The standard InChI is InChI=1S/C17H26N2O2.ClH/c1-14-7-3-4-8-15(14)21-12-11-19(2)16(20)17(13-18)9-5-6-10-17;/h3-4,7-8H,5-6,9-13,18H2,1-2H3;1H. The largest absolute Gasteiger partial charge is 0.491 e. The van der Waals surface area contributed by atoms with Crippen LogP contribution in [0.1, 0.15) is 31.2 Å². The quantitative estimate of drug-likeness (QED) is 0.874. The highest BCUT2D eigenvalue weighted by atomic mass is 35.5. The second kappa shape index (κ2) is 8.39. The van der Waals surface area contributed by atoms with Gasteiger partial charge in [0.2, 0.25) is 5.91 Å². The maximum atomic E-state index is 12.6. The van der Waals surface area contributed by atoms with E-state index < -0.39 is 0 Å². The van der Waals surface area contributed by atoms with Crippen molar-refractivity contribution in [2.45, 2.75) is 32.6 Å². The molecule has 22 heavy (non-hydrogen) atoms. The summed E-state index contributed by atoms with van der Waals surface area (Å²) in [6, 6.07) is 7.92. The van der Waals surface area contributed by atoms with Crippen molar-refractivity contribution < 1.29 is 9.53 Å². The van der Waals surface area contributed by atoms with Gasteiger partial charge in [-0.1, -0.05) is 31.0 Å². The lowest BCUT2D eigenvalue weighted by Crippen LogP contribution is -2.46. The molecule has 0 heterocycles. The minimum absolute atomic E-state index is 0. The number of ether oxygens (including phenoxy) is 1. The summed E-state index contributed by atoms with van der Waals surface area (Å²) in [5.41, 5.74) is 6.66. The molecule has 1 amide bonds. The zero-order chi connectivity index (χ0) is 15.3. The fourth-order valence-electron chi connectivity index (χ4n) is 3.07. The number of likely N-dealkylation sites (N-methyl/N-ethyl adjacent to an activating group) is 1. The first-order valence-corrected chi connectivity index (χ1v) is 7.73. The fraction of sp³-hybridized carbons (Fsp3) is 0.588. The van der Waals surface area contributed by atoms with Gasteiger partial charge in [-0.3, -0.25) is 4.79 Å². The van der Waals surface area contributed by atoms with Gasteiger partial charge in [0.25, 0.3) is 0 Å². The molecule has 0 saturated heterocycles. The van der Waals surface area contributed by atoms with E-state index in [2.05, 4.69) is 0 Å². The van der Waals surface area contributed by atoms with E-state index in [-0.39, 0.29) is 23.7 Å². The van der Waals surface area contributed by atoms with Crippen molar-refractivity contribution in [1.29, 1.82) is 0 Å². The van der Waals surface area contributed by atoms with E-state index in [0.29, 0.717) is 19.7 Å². The minimum Gasteiger partial charge on any atom is -0.491 e. The summed E-state index contributed by atoms with van der Waals surface area (Å²) < 4.78 is 5.76. The van der Waals surface area contributed by atoms with Crippen LogP contribution in [0.2, 0.25) is 0 Å². The lowest BCUT2D eigenvalue weighted by atomic mass is 9.85. The first kappa shape index (κ1) is 18.8. The Morgan fingerprint density at radius 1 is 1.32 bits per heavy atom. The Balaban J connectivity index is 0.00000242. The smallest absolute Gasteiger partial charge is 0.229 e. The Kier molecular flexibility index (Phi) is 7.17. The number of amides is 1. The zero-order valence-electron chi connectivity index (χ0n) is 13.5. The van der Waals surface area contributed by atoms with Crippen molar-refractivity contribution in [3.63, 3.8) is 0 Å². The monoisotopic (exact) mass is 326 g/mol. The topological polar surface area (TPSA) is 55.6 Å². The molecular formula is C17H27ClN2O2. The van der Waals surface area contributed by atoms with Gasteiger partial charge in [0.15, 0.2) is 0 Å². The molecule has 2 N–H and O–H groups in total. The lowest BCUT2D eigenvalue weighted by molar-refractivity contribution is -0.140. The average Bonchev–Trinajstić information content (AvgIpc) is 2.98. The molecule has 1 aliphatic rings. The lowest BCUT2D eigenvalue weighted by Gasteiger charge is -2.31. The number of carbonyl (C=O) groups excluding carboxylic acids is 1. The van der Waals surface area contributed by atoms with Gasteiger partial charge in [-0.2, -0.15) is 0 Å². The number of hydrogen-bond donors (Lipinski definition) is 1. The molecule has 0 unspecified atom stereocenters. The molecule has 0 atom stereocenters. The van der Waals surface area contributed by atoms with E-state index in [9.17, 15) is 4.79 Å². The third-order valence-corrected chi connectivity index (χ3v) is 4.53. The second-order valence-corrected chi connectivity index (χ2v) is 6.03. The minimum atomic E-state index is -0.322. The Morgan fingerprint density at radius 3 is 2.55 bits per heavy atom. The SMILES string of the molecule is Cc1ccccc1OCCN(C)C(=O)C1(CN)CCCC1.Cl. The van der Waals surface area contributed by atoms with Gasteiger partial charge in [0.1, 0.15) is 12.4 Å². The zero-order valence-corrected chi connectivity index (χ0v) is 14.3. The Bertz CT molecular complexity index is 487. The molecule has 0 spiro atoms. The van der Waals surface area contributed by atoms with Gasteiger partial charge in [0.05, 0.1) is 12.0 Å². The third kappa shape index (κ3) is 4.14. The van der Waals surface area contributed by atoms with E-state index in [0.717, 1.165) is 37.0 Å². The first-order valence-electron chi connectivity index (χ1n) is 7.73. The summed E-state index contributed by atoms with van der Waals surface area (Å²) in [6.45, 7) is 3.57. The number of aryl methyl sites for hydroxylation is 1. The fourth-order valence-corrected chi connectivity index (χ4v) is 3.07. The average molecular weight is 327 g/mol. The summed E-state index contributed by atoms with van der Waals surface area (Å²) in [6.07, 6.45) is 4.06. The normalized spacial score (nSPS) is 16.0. The summed E-state index contributed by atoms with van der Waals surface area (Å²) in [5, 5.41) is 0. The Labute approximate surface area is 139 Å². The van der Waals surface area contributed by atoms with Gasteiger partial charge in [-0.25, -0.2) is 0 Å². The molecule has 5 heteroatoms. The van der Waals surface area contributed by atoms with Crippen molar-refractivity contribution in [2.75, 3.05) is 26.7 Å². The maximum absolute atomic E-state index is 12.6. The molecule has 1 aliphatic carbocycles. The molecular weight excluding hydrogens is 300 g/mol. The predicted octanol–water partition coefficient (Wildman–Crippen LogP) is 2.77. The van der Waals surface area contributed by atoms with Crippen LogP contribution in [0.4, 0.5) is 0 Å². The summed E-state index contributed by atoms with van der Waals surface area (Å²) >= 11 is 0. The molecule has 1 aromatic carbocycles. The number of hydrogen-bond acceptors (Lipinski definition) is 3. The molecule has 0 radical (unpaired) electrons. The van der Waals surface area contributed by atoms with Crippen LogP contribution in [-0.4, -0.2) is 37.6 Å². The summed E-state index contributed by atoms with van der Waals surface area (Å²) in [7, 11) is 1.85. The predicted molar refractivity (Wildman–Crippen MR) is 91.5 cm³/mol. The number of nitrogens with zero attached hydrogens (tertiary/aromatic N) is 1. The third-order valence-electron chi connectivity index (χ3n) is 4.53. The van der Waals surface area contributed by atoms with Crippen LogP contribution >= 0.6 is 12.4 Å². The van der Waals surface area contributed by atoms with E-state index in [1.54, 1.807) is 4.90 Å². The van der Waals surface area contributed by atoms with Crippen molar-refractivity contribution in [1.82, 2.24) is 4.90 Å². The van der Waals surface area contributed by atoms with Gasteiger partial charge in [-0.15, -0.1) is 12.4 Å². The number of rotatable bonds is 6. The molecule has 1 aromatic rings. The number of benzene rings is 1. The molecule has 0 bridgehead atoms. The van der Waals surface area contributed by atoms with Crippen molar-refractivity contribution in [3.05, 3.63) is 29.8 Å². The first-order chi connectivity index (χ1) is 10.1. The highest BCUT2D eigenvalue weighted by Gasteiger charge is 2.41. The molecule has 0 aliphatic heterocycles. The maximum Gasteiger partial charge on any atom is 0.229 e. The molecule has 124 valence electrons. The van der Waals surface area contributed by atoms with Crippen LogP contribution in [-0.2, 0) is 4.79 Å². The van der Waals surface area contributed by atoms with Crippen molar-refractivity contribution in [3.8, 4) is 5.75 Å². The Morgan fingerprint density at radius 2 is 1.95 bits per heavy atom. The Hall–Kier alpha value is -1.26. The van der Waals surface area contributed by atoms with E-state index in [1.165, 1.54) is 0 Å². The van der Waals surface area contributed by atoms with Gasteiger partial charge >= 0.3 is 0 Å². The molecule has 4 nitrogen and oxygen atoms in total. The molecule has 1 fully saturated rings. The van der Waals surface area contributed by atoms with Crippen LogP contribution in [0.15, 0.2) is 24.3 Å².